The summed E-state index contributed by atoms with van der Waals surface area (Å²) in [6, 6.07) is 12.7. The highest BCUT2D eigenvalue weighted by atomic mass is 19.1. The first kappa shape index (κ1) is 19.4. The van der Waals surface area contributed by atoms with Gasteiger partial charge in [0.15, 0.2) is 0 Å². The van der Waals surface area contributed by atoms with E-state index in [-0.39, 0.29) is 11.8 Å². The van der Waals surface area contributed by atoms with Gasteiger partial charge in [0.05, 0.1) is 0 Å². The average Bonchev–Trinajstić information content (AvgIpc) is 2.66. The summed E-state index contributed by atoms with van der Waals surface area (Å²) in [5, 5.41) is 5.55. The van der Waals surface area contributed by atoms with E-state index in [1.807, 2.05) is 24.3 Å². The van der Waals surface area contributed by atoms with Gasteiger partial charge in [-0.1, -0.05) is 24.3 Å². The number of nitrogens with one attached hydrogen (secondary N) is 2. The lowest BCUT2D eigenvalue weighted by atomic mass is 9.91. The molecule has 1 fully saturated rings. The Labute approximate surface area is 160 Å². The topological polar surface area (TPSA) is 44.4 Å². The number of likely N-dealkylation sites (tertiary alicyclic amines) is 1. The number of piperidine rings is 1. The Bertz CT molecular complexity index is 776. The van der Waals surface area contributed by atoms with Crippen LogP contribution in [0.3, 0.4) is 0 Å². The molecule has 1 heterocycles. The molecule has 1 aliphatic heterocycles. The summed E-state index contributed by atoms with van der Waals surface area (Å²) in [5.74, 6) is 0.392. The Morgan fingerprint density at radius 3 is 2.74 bits per heavy atom. The fourth-order valence-corrected chi connectivity index (χ4v) is 3.85. The molecule has 0 bridgehead atoms. The van der Waals surface area contributed by atoms with Crippen molar-refractivity contribution in [3.05, 3.63) is 65.0 Å². The highest BCUT2D eigenvalue weighted by molar-refractivity contribution is 5.90. The second-order valence-electron chi connectivity index (χ2n) is 7.38. The second kappa shape index (κ2) is 9.00. The minimum absolute atomic E-state index is 0.181. The lowest BCUT2D eigenvalue weighted by Gasteiger charge is -2.33. The average molecular weight is 369 g/mol. The van der Waals surface area contributed by atoms with Gasteiger partial charge in [0.1, 0.15) is 5.82 Å². The van der Waals surface area contributed by atoms with Crippen LogP contribution in [0.25, 0.3) is 0 Å². The molecule has 0 spiro atoms. The number of amides is 2. The van der Waals surface area contributed by atoms with Gasteiger partial charge in [-0.15, -0.1) is 0 Å². The van der Waals surface area contributed by atoms with Crippen molar-refractivity contribution in [3.8, 4) is 0 Å². The van der Waals surface area contributed by atoms with E-state index in [9.17, 15) is 9.18 Å². The summed E-state index contributed by atoms with van der Waals surface area (Å²) in [5.41, 5.74) is 4.42. The molecule has 2 N–H and O–H groups in total. The number of carbonyl (C=O) groups excluding carboxylic acids is 1. The number of nitrogens with zero attached hydrogens (tertiary/aromatic N) is 1. The SMILES string of the molecule is CNC(=O)Nc1cccc(C)c1CN1CCCC(Cc2ccc(F)cc2)C1. The van der Waals surface area contributed by atoms with Crippen molar-refractivity contribution in [3.63, 3.8) is 0 Å². The minimum Gasteiger partial charge on any atom is -0.341 e. The number of aryl methyl sites for hydroxylation is 1. The Morgan fingerprint density at radius 2 is 2.00 bits per heavy atom. The molecule has 27 heavy (non-hydrogen) atoms. The minimum atomic E-state index is -0.199. The Kier molecular flexibility index (Phi) is 6.45. The molecule has 0 saturated carbocycles. The zero-order valence-electron chi connectivity index (χ0n) is 16.1. The van der Waals surface area contributed by atoms with Gasteiger partial charge < -0.3 is 10.6 Å². The van der Waals surface area contributed by atoms with Crippen LogP contribution >= 0.6 is 0 Å². The fraction of sp³-hybridized carbons (Fsp3) is 0.409. The monoisotopic (exact) mass is 369 g/mol. The molecule has 2 amide bonds. The van der Waals surface area contributed by atoms with Crippen LogP contribution in [0.5, 0.6) is 0 Å². The van der Waals surface area contributed by atoms with Gasteiger partial charge in [-0.05, 0) is 73.5 Å². The summed E-state index contributed by atoms with van der Waals surface area (Å²) in [7, 11) is 1.62. The number of benzene rings is 2. The van der Waals surface area contributed by atoms with Crippen molar-refractivity contribution in [2.75, 3.05) is 25.5 Å². The third-order valence-electron chi connectivity index (χ3n) is 5.31. The van der Waals surface area contributed by atoms with Crippen LogP contribution in [0, 0.1) is 18.7 Å². The summed E-state index contributed by atoms with van der Waals surface area (Å²) in [6.45, 7) is 5.00. The van der Waals surface area contributed by atoms with Gasteiger partial charge in [0.25, 0.3) is 0 Å². The summed E-state index contributed by atoms with van der Waals surface area (Å²) >= 11 is 0. The van der Waals surface area contributed by atoms with Crippen LogP contribution in [-0.2, 0) is 13.0 Å². The van der Waals surface area contributed by atoms with Crippen LogP contribution < -0.4 is 10.6 Å². The predicted octanol–water partition coefficient (Wildman–Crippen LogP) is 4.34. The molecule has 0 aliphatic carbocycles. The van der Waals surface area contributed by atoms with E-state index >= 15 is 0 Å². The van der Waals surface area contributed by atoms with E-state index < -0.39 is 0 Å². The van der Waals surface area contributed by atoms with Crippen molar-refractivity contribution >= 4 is 11.7 Å². The van der Waals surface area contributed by atoms with Crippen LogP contribution in [0.15, 0.2) is 42.5 Å². The van der Waals surface area contributed by atoms with E-state index in [0.717, 1.165) is 38.2 Å². The maximum Gasteiger partial charge on any atom is 0.318 e. The standard InChI is InChI=1S/C22H28FN3O/c1-16-5-3-7-21(25-22(27)24-2)20(16)15-26-12-4-6-18(14-26)13-17-8-10-19(23)11-9-17/h3,5,7-11,18H,4,6,12-15H2,1-2H3,(H2,24,25,27). The van der Waals surface area contributed by atoms with Crippen molar-refractivity contribution in [1.29, 1.82) is 0 Å². The van der Waals surface area contributed by atoms with Crippen molar-refractivity contribution in [2.24, 2.45) is 5.92 Å². The maximum atomic E-state index is 13.1. The predicted molar refractivity (Wildman–Crippen MR) is 107 cm³/mol. The highest BCUT2D eigenvalue weighted by Gasteiger charge is 2.22. The number of rotatable bonds is 5. The number of anilines is 1. The molecule has 5 heteroatoms. The van der Waals surface area contributed by atoms with E-state index in [1.54, 1.807) is 19.2 Å². The molecule has 1 atom stereocenters. The fourth-order valence-electron chi connectivity index (χ4n) is 3.85. The molecule has 4 nitrogen and oxygen atoms in total. The molecular weight excluding hydrogens is 341 g/mol. The number of urea groups is 1. The molecule has 0 aromatic heterocycles. The van der Waals surface area contributed by atoms with Gasteiger partial charge in [0, 0.05) is 25.8 Å². The van der Waals surface area contributed by atoms with Gasteiger partial charge in [-0.3, -0.25) is 4.90 Å². The molecule has 2 aromatic carbocycles. The molecule has 144 valence electrons. The van der Waals surface area contributed by atoms with Gasteiger partial charge in [-0.25, -0.2) is 9.18 Å². The largest absolute Gasteiger partial charge is 0.341 e. The van der Waals surface area contributed by atoms with E-state index in [4.69, 9.17) is 0 Å². The van der Waals surface area contributed by atoms with Gasteiger partial charge in [0.2, 0.25) is 0 Å². The third kappa shape index (κ3) is 5.30. The van der Waals surface area contributed by atoms with Crippen molar-refractivity contribution in [2.45, 2.75) is 32.7 Å². The summed E-state index contributed by atoms with van der Waals surface area (Å²) in [4.78, 5) is 14.2. The summed E-state index contributed by atoms with van der Waals surface area (Å²) in [6.07, 6.45) is 3.34. The quantitative estimate of drug-likeness (QED) is 0.823. The summed E-state index contributed by atoms with van der Waals surface area (Å²) < 4.78 is 13.1. The molecule has 3 rings (SSSR count). The first-order chi connectivity index (χ1) is 13.0. The smallest absolute Gasteiger partial charge is 0.318 e. The Balaban J connectivity index is 1.67. The van der Waals surface area contributed by atoms with E-state index in [1.165, 1.54) is 23.1 Å². The Morgan fingerprint density at radius 1 is 1.22 bits per heavy atom. The first-order valence-electron chi connectivity index (χ1n) is 9.59. The van der Waals surface area contributed by atoms with Crippen LogP contribution in [-0.4, -0.2) is 31.1 Å². The zero-order chi connectivity index (χ0) is 19.2. The van der Waals surface area contributed by atoms with Crippen LogP contribution in [0.1, 0.15) is 29.5 Å². The first-order valence-corrected chi connectivity index (χ1v) is 9.59. The van der Waals surface area contributed by atoms with E-state index in [2.05, 4.69) is 28.5 Å². The lowest BCUT2D eigenvalue weighted by Crippen LogP contribution is -2.36. The molecule has 2 aromatic rings. The van der Waals surface area contributed by atoms with Crippen molar-refractivity contribution in [1.82, 2.24) is 10.2 Å². The van der Waals surface area contributed by atoms with Crippen molar-refractivity contribution < 1.29 is 9.18 Å². The van der Waals surface area contributed by atoms with Crippen LogP contribution in [0.4, 0.5) is 14.9 Å². The number of hydrogen-bond acceptors (Lipinski definition) is 2. The number of hydrogen-bond donors (Lipinski definition) is 2. The maximum absolute atomic E-state index is 13.1. The van der Waals surface area contributed by atoms with Gasteiger partial charge in [-0.2, -0.15) is 0 Å². The molecule has 1 aliphatic rings. The Hall–Kier alpha value is -2.40. The van der Waals surface area contributed by atoms with Gasteiger partial charge >= 0.3 is 6.03 Å². The molecule has 1 saturated heterocycles. The molecule has 0 radical (unpaired) electrons. The molecule has 1 unspecified atom stereocenters. The number of carbonyl (C=O) groups is 1. The normalized spacial score (nSPS) is 17.5. The second-order valence-corrected chi connectivity index (χ2v) is 7.38. The zero-order valence-corrected chi connectivity index (χ0v) is 16.1. The third-order valence-corrected chi connectivity index (χ3v) is 5.31. The lowest BCUT2D eigenvalue weighted by molar-refractivity contribution is 0.167. The van der Waals surface area contributed by atoms with Crippen LogP contribution in [0.2, 0.25) is 0 Å². The highest BCUT2D eigenvalue weighted by Crippen LogP contribution is 2.26. The molecular formula is C22H28FN3O. The van der Waals surface area contributed by atoms with E-state index in [0.29, 0.717) is 5.92 Å². The number of halogens is 1.